The minimum absolute atomic E-state index is 0.0455. The van der Waals surface area contributed by atoms with Crippen molar-refractivity contribution in [2.24, 2.45) is 15.1 Å². The lowest BCUT2D eigenvalue weighted by atomic mass is 10.0. The maximum absolute atomic E-state index is 13.4. The Kier molecular flexibility index (Phi) is 29.3. The number of thioether (sulfide) groups is 2. The predicted octanol–water partition coefficient (Wildman–Crippen LogP) is 6.02. The smallest absolute Gasteiger partial charge is 0.437 e. The van der Waals surface area contributed by atoms with Crippen molar-refractivity contribution in [3.8, 4) is 0 Å². The summed E-state index contributed by atoms with van der Waals surface area (Å²) in [7, 11) is 0. The van der Waals surface area contributed by atoms with Crippen LogP contribution in [0.1, 0.15) is 142 Å². The number of azide groups is 1. The molecule has 0 aromatic heterocycles. The molecule has 4 heterocycles. The molecule has 4 fully saturated rings. The van der Waals surface area contributed by atoms with Gasteiger partial charge in [0.25, 0.3) is 5.91 Å². The summed E-state index contributed by atoms with van der Waals surface area (Å²) < 4.78 is 26.9. The molecule has 0 aliphatic carbocycles. The Balaban J connectivity index is 0.975. The molecule has 28 heteroatoms. The lowest BCUT2D eigenvalue weighted by molar-refractivity contribution is -0.122. The van der Waals surface area contributed by atoms with E-state index >= 15 is 0 Å². The molecule has 0 radical (unpaired) electrons. The fraction of sp³-hybridized carbons (Fsp3) is 0.727. The highest BCUT2D eigenvalue weighted by Crippen LogP contribution is 2.35. The molecule has 4 aliphatic heterocycles. The van der Waals surface area contributed by atoms with Gasteiger partial charge in [0.05, 0.1) is 63.8 Å². The van der Waals surface area contributed by atoms with Gasteiger partial charge in [-0.2, -0.15) is 23.5 Å². The lowest BCUT2D eigenvalue weighted by Crippen LogP contribution is -2.37. The van der Waals surface area contributed by atoms with Crippen LogP contribution in [0.25, 0.3) is 10.4 Å². The second-order valence-electron chi connectivity index (χ2n) is 22.5. The molecule has 0 bridgehead atoms. The van der Waals surface area contributed by atoms with Crippen LogP contribution in [0.5, 0.6) is 0 Å². The maximum Gasteiger partial charge on any atom is 0.437 e. The Labute approximate surface area is 495 Å². The van der Waals surface area contributed by atoms with Crippen LogP contribution in [-0.4, -0.2) is 177 Å². The van der Waals surface area contributed by atoms with Crippen molar-refractivity contribution in [1.82, 2.24) is 37.2 Å². The van der Waals surface area contributed by atoms with E-state index in [0.717, 1.165) is 50.0 Å². The number of nitrogens with one attached hydrogen (secondary N) is 9. The SMILES string of the molecule is CC(C)(C)OC(=O)/N=C1/NC2CSC(CCCCC(=O)NCCCCC(=O)Nc3cc(NC(=O)CCCCNC(=O)CCCCC4SCC5N/C(=N\C(=O)OC(C)(C)C)NC54)cc(C(=O)NCCOCCOCCOCCN=[N+]=[N-])c3)C2N1. The van der Waals surface area contributed by atoms with Crippen molar-refractivity contribution in [2.45, 2.75) is 177 Å². The van der Waals surface area contributed by atoms with Gasteiger partial charge in [-0.05, 0) is 117 Å². The van der Waals surface area contributed by atoms with Crippen LogP contribution in [0, 0.1) is 0 Å². The van der Waals surface area contributed by atoms with Crippen LogP contribution in [0.15, 0.2) is 33.3 Å². The molecule has 6 atom stereocenters. The summed E-state index contributed by atoms with van der Waals surface area (Å²) in [6.45, 7) is 13.9. The summed E-state index contributed by atoms with van der Waals surface area (Å²) in [5, 5.41) is 31.7. The molecule has 4 saturated heterocycles. The topological polar surface area (TPSA) is 347 Å². The van der Waals surface area contributed by atoms with Crippen molar-refractivity contribution >= 4 is 88.5 Å². The number of carbonyl (C=O) groups is 7. The van der Waals surface area contributed by atoms with E-state index in [1.807, 2.05) is 23.5 Å². The fourth-order valence-corrected chi connectivity index (χ4v) is 12.4. The van der Waals surface area contributed by atoms with Gasteiger partial charge in [0.2, 0.25) is 35.5 Å². The highest BCUT2D eigenvalue weighted by molar-refractivity contribution is 8.00. The van der Waals surface area contributed by atoms with Crippen LogP contribution in [-0.2, 0) is 42.9 Å². The molecular formula is C55H88N14O12S2. The molecule has 0 saturated carbocycles. The number of hydrogen-bond acceptors (Lipinski definition) is 15. The monoisotopic (exact) mass is 1200 g/mol. The molecule has 6 unspecified atom stereocenters. The highest BCUT2D eigenvalue weighted by Gasteiger charge is 2.43. The van der Waals surface area contributed by atoms with Crippen LogP contribution in [0.4, 0.5) is 21.0 Å². The molecule has 5 rings (SSSR count). The Morgan fingerprint density at radius 1 is 0.554 bits per heavy atom. The normalized spacial score (nSPS) is 20.6. The van der Waals surface area contributed by atoms with Gasteiger partial charge in [-0.15, -0.1) is 9.98 Å². The van der Waals surface area contributed by atoms with Gasteiger partial charge in [0.1, 0.15) is 11.2 Å². The van der Waals surface area contributed by atoms with E-state index in [-0.39, 0.29) is 85.9 Å². The number of ether oxygens (including phenoxy) is 5. The zero-order valence-corrected chi connectivity index (χ0v) is 50.7. The van der Waals surface area contributed by atoms with E-state index in [4.69, 9.17) is 29.2 Å². The van der Waals surface area contributed by atoms with E-state index < -0.39 is 29.3 Å². The summed E-state index contributed by atoms with van der Waals surface area (Å²) in [6, 6.07) is 5.29. The van der Waals surface area contributed by atoms with Crippen LogP contribution in [0.3, 0.4) is 0 Å². The average molecular weight is 1200 g/mol. The maximum atomic E-state index is 13.4. The van der Waals surface area contributed by atoms with Crippen molar-refractivity contribution in [3.63, 3.8) is 0 Å². The van der Waals surface area contributed by atoms with Gasteiger partial charge < -0.3 is 71.5 Å². The number of carbonyl (C=O) groups excluding carboxylic acids is 7. The van der Waals surface area contributed by atoms with E-state index in [9.17, 15) is 33.6 Å². The molecule has 1 aromatic carbocycles. The number of aliphatic imine (C=N–C) groups is 2. The first-order valence-electron chi connectivity index (χ1n) is 29.0. The summed E-state index contributed by atoms with van der Waals surface area (Å²) in [6.07, 6.45) is 7.07. The number of hydrogen-bond donors (Lipinski definition) is 9. The molecule has 4 aliphatic rings. The quantitative estimate of drug-likeness (QED) is 0.0162. The van der Waals surface area contributed by atoms with E-state index in [2.05, 4.69) is 67.9 Å². The van der Waals surface area contributed by atoms with E-state index in [0.29, 0.717) is 118 Å². The summed E-state index contributed by atoms with van der Waals surface area (Å²) >= 11 is 3.74. The molecule has 0 spiro atoms. The van der Waals surface area contributed by atoms with Crippen LogP contribution >= 0.6 is 23.5 Å². The third-order valence-corrected chi connectivity index (χ3v) is 16.1. The highest BCUT2D eigenvalue weighted by atomic mass is 32.2. The minimum atomic E-state index is -0.637. The zero-order chi connectivity index (χ0) is 60.0. The van der Waals surface area contributed by atoms with Crippen molar-refractivity contribution < 1.29 is 57.2 Å². The minimum Gasteiger partial charge on any atom is -0.442 e. The van der Waals surface area contributed by atoms with Gasteiger partial charge in [-0.1, -0.05) is 18.0 Å². The number of anilines is 2. The van der Waals surface area contributed by atoms with E-state index in [1.54, 1.807) is 47.6 Å². The third kappa shape index (κ3) is 27.5. The Bertz CT molecular complexity index is 2280. The number of nitrogens with zero attached hydrogens (tertiary/aromatic N) is 5. The van der Waals surface area contributed by atoms with Gasteiger partial charge in [-0.3, -0.25) is 24.0 Å². The molecule has 9 N–H and O–H groups in total. The van der Waals surface area contributed by atoms with Crippen LogP contribution < -0.4 is 47.9 Å². The molecule has 83 heavy (non-hydrogen) atoms. The van der Waals surface area contributed by atoms with Gasteiger partial charge >= 0.3 is 12.2 Å². The molecule has 462 valence electrons. The third-order valence-electron chi connectivity index (χ3n) is 13.1. The number of rotatable bonds is 35. The second-order valence-corrected chi connectivity index (χ2v) is 25.1. The van der Waals surface area contributed by atoms with Crippen molar-refractivity contribution in [1.29, 1.82) is 0 Å². The number of benzene rings is 1. The largest absolute Gasteiger partial charge is 0.442 e. The molecule has 1 aromatic rings. The van der Waals surface area contributed by atoms with Gasteiger partial charge in [0.15, 0.2) is 0 Å². The van der Waals surface area contributed by atoms with E-state index in [1.165, 1.54) is 12.1 Å². The Morgan fingerprint density at radius 2 is 0.988 bits per heavy atom. The first-order chi connectivity index (χ1) is 39.7. The predicted molar refractivity (Wildman–Crippen MR) is 321 cm³/mol. The number of unbranched alkanes of at least 4 members (excludes halogenated alkanes) is 4. The zero-order valence-electron chi connectivity index (χ0n) is 49.0. The summed E-state index contributed by atoms with van der Waals surface area (Å²) in [4.78, 5) is 100. The number of amides is 7. The molecular weight excluding hydrogens is 1110 g/mol. The first kappa shape index (κ1) is 67.7. The second kappa shape index (κ2) is 35.9. The fourth-order valence-electron chi connectivity index (χ4n) is 9.29. The van der Waals surface area contributed by atoms with Crippen molar-refractivity contribution in [2.75, 3.05) is 88.0 Å². The average Bonchev–Trinajstić information content (AvgIpc) is 3.74. The van der Waals surface area contributed by atoms with Gasteiger partial charge in [0, 0.05) is 95.7 Å². The molecule has 26 nitrogen and oxygen atoms in total. The Morgan fingerprint density at radius 3 is 1.45 bits per heavy atom. The van der Waals surface area contributed by atoms with Gasteiger partial charge in [-0.25, -0.2) is 9.59 Å². The first-order valence-corrected chi connectivity index (χ1v) is 31.1. The lowest BCUT2D eigenvalue weighted by Gasteiger charge is -2.18. The summed E-state index contributed by atoms with van der Waals surface area (Å²) in [5.74, 6) is 1.54. The summed E-state index contributed by atoms with van der Waals surface area (Å²) in [5.41, 5.74) is 7.91. The number of fused-ring (bicyclic) bond motifs is 2. The van der Waals surface area contributed by atoms with Crippen molar-refractivity contribution in [3.05, 3.63) is 34.2 Å². The number of guanidine groups is 2. The standard InChI is InChI=1S/C55H88N14O12S2/c1-54(2,3)80-52(75)67-50-63-39-34-82-41(47(39)65-50)15-7-9-17-43(70)57-21-13-11-19-45(72)61-37-31-36(49(74)59-23-25-77-27-29-79-30-28-78-26-24-60-69-56)32-38(33-37)62-46(73)20-12-14-22-58-44(71)18-10-8-16-42-48-40(35-83-42)64-51(66-48)68-53(76)81-55(4,5)6/h31-33,39-42,47-48H,7-30,34-35H2,1-6H3,(H,57,70)(H,58,71)(H,59,74)(H,61,72)(H,62,73)(H2,63,65,67,75)(H2,64,66,68,76). The van der Waals surface area contributed by atoms with Crippen LogP contribution in [0.2, 0.25) is 0 Å². The Hall–Kier alpha value is -6.06. The molecule has 7 amide bonds.